The third-order valence-corrected chi connectivity index (χ3v) is 3.48. The highest BCUT2D eigenvalue weighted by molar-refractivity contribution is 5.93. The van der Waals surface area contributed by atoms with Gasteiger partial charge in [-0.1, -0.05) is 6.07 Å². The maximum atomic E-state index is 13.0. The second-order valence-corrected chi connectivity index (χ2v) is 5.02. The minimum atomic E-state index is -0.239. The number of aryl methyl sites for hydroxylation is 2. The summed E-state index contributed by atoms with van der Waals surface area (Å²) >= 11 is 0. The van der Waals surface area contributed by atoms with Crippen LogP contribution >= 0.6 is 0 Å². The highest BCUT2D eigenvalue weighted by atomic mass is 19.1. The van der Waals surface area contributed by atoms with Crippen molar-refractivity contribution in [3.8, 4) is 0 Å². The number of halogens is 1. The summed E-state index contributed by atoms with van der Waals surface area (Å²) < 4.78 is 14.8. The van der Waals surface area contributed by atoms with Gasteiger partial charge in [-0.15, -0.1) is 0 Å². The molecule has 1 heterocycles. The van der Waals surface area contributed by atoms with Gasteiger partial charge in [0.05, 0.1) is 5.69 Å². The number of rotatable bonds is 5. The number of hydrogen-bond acceptors (Lipinski definition) is 2. The first-order chi connectivity index (χ1) is 10.0. The van der Waals surface area contributed by atoms with E-state index in [2.05, 4.69) is 5.32 Å². The first-order valence-electron chi connectivity index (χ1n) is 7.00. The molecule has 0 fully saturated rings. The summed E-state index contributed by atoms with van der Waals surface area (Å²) in [6, 6.07) is 6.36. The number of nitrogens with one attached hydrogen (secondary N) is 1. The molecule has 112 valence electrons. The summed E-state index contributed by atoms with van der Waals surface area (Å²) in [6.45, 7) is 5.01. The fraction of sp³-hybridized carbons (Fsp3) is 0.312. The van der Waals surface area contributed by atoms with E-state index in [9.17, 15) is 9.18 Å². The third kappa shape index (κ3) is 3.62. The number of aromatic nitrogens is 1. The molecule has 2 rings (SSSR count). The van der Waals surface area contributed by atoms with Crippen LogP contribution < -0.4 is 11.1 Å². The van der Waals surface area contributed by atoms with E-state index >= 15 is 0 Å². The Morgan fingerprint density at radius 1 is 1.38 bits per heavy atom. The van der Waals surface area contributed by atoms with E-state index in [0.29, 0.717) is 30.9 Å². The quantitative estimate of drug-likeness (QED) is 0.888. The highest BCUT2D eigenvalue weighted by Crippen LogP contribution is 2.12. The van der Waals surface area contributed by atoms with Crippen molar-refractivity contribution >= 4 is 11.6 Å². The van der Waals surface area contributed by atoms with E-state index in [0.717, 1.165) is 11.1 Å². The van der Waals surface area contributed by atoms with Crippen LogP contribution in [0.15, 0.2) is 30.5 Å². The van der Waals surface area contributed by atoms with Crippen molar-refractivity contribution in [1.82, 2.24) is 9.88 Å². The largest absolute Gasteiger partial charge is 0.397 e. The smallest absolute Gasteiger partial charge is 0.267 e. The van der Waals surface area contributed by atoms with Crippen LogP contribution in [0.5, 0.6) is 0 Å². The number of carbonyl (C=O) groups excluding carboxylic acids is 1. The first kappa shape index (κ1) is 15.1. The molecule has 4 nitrogen and oxygen atoms in total. The zero-order valence-electron chi connectivity index (χ0n) is 12.3. The fourth-order valence-corrected chi connectivity index (χ4v) is 2.33. The number of benzene rings is 1. The fourth-order valence-electron chi connectivity index (χ4n) is 2.33. The van der Waals surface area contributed by atoms with Crippen molar-refractivity contribution in [3.05, 3.63) is 53.1 Å². The van der Waals surface area contributed by atoms with Crippen molar-refractivity contribution in [1.29, 1.82) is 0 Å². The van der Waals surface area contributed by atoms with E-state index in [1.165, 1.54) is 12.1 Å². The zero-order valence-corrected chi connectivity index (χ0v) is 12.3. The number of nitrogens with two attached hydrogens (primary N) is 1. The van der Waals surface area contributed by atoms with Crippen molar-refractivity contribution in [2.45, 2.75) is 26.8 Å². The Kier molecular flexibility index (Phi) is 4.62. The van der Waals surface area contributed by atoms with Crippen LogP contribution in [0.2, 0.25) is 0 Å². The maximum Gasteiger partial charge on any atom is 0.267 e. The lowest BCUT2D eigenvalue weighted by Crippen LogP contribution is -2.27. The van der Waals surface area contributed by atoms with Crippen molar-refractivity contribution in [2.24, 2.45) is 0 Å². The topological polar surface area (TPSA) is 60.0 Å². The van der Waals surface area contributed by atoms with Gasteiger partial charge in [-0.2, -0.15) is 0 Å². The van der Waals surface area contributed by atoms with E-state index in [-0.39, 0.29) is 11.7 Å². The SMILES string of the molecule is CCn1cc(N)cc1C(=O)NCCc1ccc(F)cc1C. The summed E-state index contributed by atoms with van der Waals surface area (Å²) in [4.78, 5) is 12.1. The van der Waals surface area contributed by atoms with Gasteiger partial charge in [-0.25, -0.2) is 4.39 Å². The lowest BCUT2D eigenvalue weighted by Gasteiger charge is -2.09. The van der Waals surface area contributed by atoms with Gasteiger partial charge in [0.2, 0.25) is 0 Å². The zero-order chi connectivity index (χ0) is 15.4. The van der Waals surface area contributed by atoms with Gasteiger partial charge in [0.25, 0.3) is 5.91 Å². The molecule has 21 heavy (non-hydrogen) atoms. The van der Waals surface area contributed by atoms with Crippen LogP contribution in [0.4, 0.5) is 10.1 Å². The van der Waals surface area contributed by atoms with Crippen molar-refractivity contribution in [3.63, 3.8) is 0 Å². The van der Waals surface area contributed by atoms with Gasteiger partial charge in [0.15, 0.2) is 0 Å². The average Bonchev–Trinajstić information content (AvgIpc) is 2.82. The molecular weight excluding hydrogens is 269 g/mol. The Hall–Kier alpha value is -2.30. The van der Waals surface area contributed by atoms with Crippen LogP contribution in [0.3, 0.4) is 0 Å². The molecular formula is C16H20FN3O. The number of amides is 1. The summed E-state index contributed by atoms with van der Waals surface area (Å²) in [5.41, 5.74) is 8.77. The molecule has 0 bridgehead atoms. The number of carbonyl (C=O) groups is 1. The number of anilines is 1. The molecule has 0 unspecified atom stereocenters. The van der Waals surface area contributed by atoms with Crippen LogP contribution in [-0.2, 0) is 13.0 Å². The van der Waals surface area contributed by atoms with Crippen LogP contribution in [0, 0.1) is 12.7 Å². The second kappa shape index (κ2) is 6.43. The molecule has 5 heteroatoms. The number of nitrogen functional groups attached to an aromatic ring is 1. The van der Waals surface area contributed by atoms with Gasteiger partial charge in [-0.3, -0.25) is 4.79 Å². The molecule has 1 aromatic carbocycles. The second-order valence-electron chi connectivity index (χ2n) is 5.02. The van der Waals surface area contributed by atoms with Crippen molar-refractivity contribution in [2.75, 3.05) is 12.3 Å². The Bertz CT molecular complexity index is 649. The van der Waals surface area contributed by atoms with Crippen LogP contribution in [0.25, 0.3) is 0 Å². The standard InChI is InChI=1S/C16H20FN3O/c1-3-20-10-14(18)9-15(20)16(21)19-7-6-12-4-5-13(17)8-11(12)2/h4-5,8-10H,3,6-7,18H2,1-2H3,(H,19,21). The molecule has 0 saturated heterocycles. The average molecular weight is 289 g/mol. The molecule has 0 aliphatic rings. The van der Waals surface area contributed by atoms with E-state index in [1.54, 1.807) is 18.3 Å². The molecule has 0 aliphatic heterocycles. The molecule has 0 aliphatic carbocycles. The Labute approximate surface area is 123 Å². The molecule has 0 radical (unpaired) electrons. The van der Waals surface area contributed by atoms with Gasteiger partial charge in [-0.05, 0) is 49.6 Å². The van der Waals surface area contributed by atoms with Crippen LogP contribution in [-0.4, -0.2) is 17.0 Å². The highest BCUT2D eigenvalue weighted by Gasteiger charge is 2.11. The normalized spacial score (nSPS) is 10.6. The Morgan fingerprint density at radius 3 is 2.81 bits per heavy atom. The first-order valence-corrected chi connectivity index (χ1v) is 7.00. The van der Waals surface area contributed by atoms with Gasteiger partial charge in [0.1, 0.15) is 11.5 Å². The van der Waals surface area contributed by atoms with Gasteiger partial charge >= 0.3 is 0 Å². The molecule has 0 atom stereocenters. The lowest BCUT2D eigenvalue weighted by molar-refractivity contribution is 0.0945. The maximum absolute atomic E-state index is 13.0. The summed E-state index contributed by atoms with van der Waals surface area (Å²) in [5, 5.41) is 2.87. The monoisotopic (exact) mass is 289 g/mol. The molecule has 0 spiro atoms. The van der Waals surface area contributed by atoms with E-state index < -0.39 is 0 Å². The Morgan fingerprint density at radius 2 is 2.14 bits per heavy atom. The van der Waals surface area contributed by atoms with E-state index in [4.69, 9.17) is 5.73 Å². The predicted octanol–water partition coefficient (Wildman–Crippen LogP) is 2.51. The molecule has 3 N–H and O–H groups in total. The number of nitrogens with zero attached hydrogens (tertiary/aromatic N) is 1. The molecule has 1 aromatic heterocycles. The minimum Gasteiger partial charge on any atom is -0.397 e. The van der Waals surface area contributed by atoms with Crippen molar-refractivity contribution < 1.29 is 9.18 Å². The lowest BCUT2D eigenvalue weighted by atomic mass is 10.1. The van der Waals surface area contributed by atoms with Gasteiger partial charge < -0.3 is 15.6 Å². The third-order valence-electron chi connectivity index (χ3n) is 3.48. The molecule has 0 saturated carbocycles. The summed E-state index contributed by atoms with van der Waals surface area (Å²) in [7, 11) is 0. The number of hydrogen-bond donors (Lipinski definition) is 2. The van der Waals surface area contributed by atoms with E-state index in [1.807, 2.05) is 18.4 Å². The summed E-state index contributed by atoms with van der Waals surface area (Å²) in [6.07, 6.45) is 2.42. The minimum absolute atomic E-state index is 0.145. The summed E-state index contributed by atoms with van der Waals surface area (Å²) in [5.74, 6) is -0.384. The Balaban J connectivity index is 1.95. The van der Waals surface area contributed by atoms with Crippen LogP contribution in [0.1, 0.15) is 28.5 Å². The van der Waals surface area contributed by atoms with Gasteiger partial charge in [0, 0.05) is 19.3 Å². The molecule has 2 aromatic rings. The predicted molar refractivity (Wildman–Crippen MR) is 81.7 cm³/mol. The molecule has 1 amide bonds.